The van der Waals surface area contributed by atoms with E-state index in [0.717, 1.165) is 53.3 Å². The van der Waals surface area contributed by atoms with Crippen molar-refractivity contribution in [3.63, 3.8) is 0 Å². The molecule has 158 valence electrons. The number of nitrogens with one attached hydrogen (secondary N) is 2. The molecular formula is C21H29FN4O3. The van der Waals surface area contributed by atoms with Gasteiger partial charge in [0, 0.05) is 30.6 Å². The molecule has 1 aromatic carbocycles. The number of aliphatic imine (C=N–C) groups is 1. The maximum atomic E-state index is 13.9. The molecule has 0 bridgehead atoms. The Morgan fingerprint density at radius 2 is 2.07 bits per heavy atom. The third-order valence-electron chi connectivity index (χ3n) is 4.78. The molecule has 0 atom stereocenters. The molecule has 0 aliphatic carbocycles. The van der Waals surface area contributed by atoms with E-state index in [0.29, 0.717) is 32.1 Å². The molecule has 8 heteroatoms. The Hall–Kier alpha value is -2.61. The summed E-state index contributed by atoms with van der Waals surface area (Å²) in [5.41, 5.74) is 3.58. The predicted octanol–water partition coefficient (Wildman–Crippen LogP) is 3.10. The van der Waals surface area contributed by atoms with Crippen LogP contribution in [0.1, 0.15) is 48.9 Å². The Bertz CT molecular complexity index is 829. The van der Waals surface area contributed by atoms with Crippen molar-refractivity contribution in [3.05, 3.63) is 46.1 Å². The third-order valence-corrected chi connectivity index (χ3v) is 4.78. The van der Waals surface area contributed by atoms with E-state index in [2.05, 4.69) is 27.7 Å². The lowest BCUT2D eigenvalue weighted by atomic mass is 10.1. The maximum absolute atomic E-state index is 13.9. The van der Waals surface area contributed by atoms with Crippen LogP contribution in [0.3, 0.4) is 0 Å². The highest BCUT2D eigenvalue weighted by Crippen LogP contribution is 2.29. The van der Waals surface area contributed by atoms with Crippen molar-refractivity contribution in [1.29, 1.82) is 0 Å². The average Bonchev–Trinajstić information content (AvgIpc) is 3.13. The summed E-state index contributed by atoms with van der Waals surface area (Å²) >= 11 is 0. The number of nitrogens with zero attached hydrogens (tertiary/aromatic N) is 2. The molecule has 2 heterocycles. The molecular weight excluding hydrogens is 375 g/mol. The minimum atomic E-state index is -0.278. The average molecular weight is 404 g/mol. The van der Waals surface area contributed by atoms with Gasteiger partial charge in [0.05, 0.1) is 18.8 Å². The Balaban J connectivity index is 1.65. The number of hydrogen-bond acceptors (Lipinski definition) is 5. The summed E-state index contributed by atoms with van der Waals surface area (Å²) in [5, 5.41) is 10.7. The van der Waals surface area contributed by atoms with Gasteiger partial charge in [-0.3, -0.25) is 0 Å². The summed E-state index contributed by atoms with van der Waals surface area (Å²) in [6, 6.07) is 2.99. The zero-order chi connectivity index (χ0) is 20.6. The summed E-state index contributed by atoms with van der Waals surface area (Å²) in [6.07, 6.45) is 2.21. The highest BCUT2D eigenvalue weighted by molar-refractivity contribution is 5.79. The second-order valence-electron chi connectivity index (χ2n) is 6.77. The molecule has 0 amide bonds. The Morgan fingerprint density at radius 3 is 2.83 bits per heavy atom. The van der Waals surface area contributed by atoms with Crippen molar-refractivity contribution >= 4 is 5.96 Å². The van der Waals surface area contributed by atoms with E-state index in [4.69, 9.17) is 14.0 Å². The van der Waals surface area contributed by atoms with Gasteiger partial charge < -0.3 is 24.6 Å². The van der Waals surface area contributed by atoms with Crippen LogP contribution in [0.15, 0.2) is 21.6 Å². The number of aryl methyl sites for hydroxylation is 2. The van der Waals surface area contributed by atoms with Crippen molar-refractivity contribution in [2.24, 2.45) is 4.99 Å². The quantitative estimate of drug-likeness (QED) is 0.520. The summed E-state index contributed by atoms with van der Waals surface area (Å²) in [4.78, 5) is 4.68. The molecule has 2 aromatic rings. The summed E-state index contributed by atoms with van der Waals surface area (Å²) < 4.78 is 30.1. The first kappa shape index (κ1) is 21.1. The Morgan fingerprint density at radius 1 is 1.21 bits per heavy atom. The fourth-order valence-corrected chi connectivity index (χ4v) is 3.37. The maximum Gasteiger partial charge on any atom is 0.191 e. The van der Waals surface area contributed by atoms with E-state index in [1.807, 2.05) is 13.8 Å². The number of benzene rings is 1. The first-order valence-electron chi connectivity index (χ1n) is 10.2. The van der Waals surface area contributed by atoms with Gasteiger partial charge in [-0.2, -0.15) is 0 Å². The van der Waals surface area contributed by atoms with Gasteiger partial charge in [0.15, 0.2) is 12.8 Å². The van der Waals surface area contributed by atoms with Gasteiger partial charge in [-0.1, -0.05) is 19.0 Å². The first-order chi connectivity index (χ1) is 14.2. The second kappa shape index (κ2) is 10.2. The van der Waals surface area contributed by atoms with E-state index in [-0.39, 0.29) is 12.6 Å². The molecule has 0 radical (unpaired) electrons. The molecule has 29 heavy (non-hydrogen) atoms. The lowest BCUT2D eigenvalue weighted by Gasteiger charge is -2.21. The molecule has 3 rings (SSSR count). The summed E-state index contributed by atoms with van der Waals surface area (Å²) in [6.45, 7) is 8.52. The van der Waals surface area contributed by atoms with Crippen molar-refractivity contribution < 1.29 is 18.4 Å². The fourth-order valence-electron chi connectivity index (χ4n) is 3.37. The van der Waals surface area contributed by atoms with E-state index in [1.165, 1.54) is 12.1 Å². The van der Waals surface area contributed by atoms with Crippen LogP contribution in [0.25, 0.3) is 0 Å². The van der Waals surface area contributed by atoms with Crippen LogP contribution in [0.5, 0.6) is 5.75 Å². The number of fused-ring (bicyclic) bond motifs is 1. The van der Waals surface area contributed by atoms with Crippen LogP contribution in [0, 0.1) is 5.82 Å². The Labute approximate surface area is 170 Å². The Kier molecular flexibility index (Phi) is 7.46. The minimum Gasteiger partial charge on any atom is -0.467 e. The lowest BCUT2D eigenvalue weighted by Crippen LogP contribution is -2.38. The van der Waals surface area contributed by atoms with Gasteiger partial charge in [-0.05, 0) is 37.5 Å². The molecule has 0 unspecified atom stereocenters. The van der Waals surface area contributed by atoms with E-state index >= 15 is 0 Å². The second-order valence-corrected chi connectivity index (χ2v) is 6.77. The number of ether oxygens (including phenoxy) is 2. The van der Waals surface area contributed by atoms with Gasteiger partial charge in [0.1, 0.15) is 17.3 Å². The number of aromatic nitrogens is 1. The third kappa shape index (κ3) is 5.26. The minimum absolute atomic E-state index is 0.196. The van der Waals surface area contributed by atoms with Gasteiger partial charge in [-0.15, -0.1) is 0 Å². The molecule has 2 N–H and O–H groups in total. The SMILES string of the molecule is CCNC(=NCc1c(CC)noc1CC)NCCc1cc(F)cc2c1OCOC2. The molecule has 0 fully saturated rings. The summed E-state index contributed by atoms with van der Waals surface area (Å²) in [5.74, 6) is 2.03. The van der Waals surface area contributed by atoms with Crippen LogP contribution < -0.4 is 15.4 Å². The number of hydrogen-bond donors (Lipinski definition) is 2. The molecule has 0 saturated heterocycles. The highest BCUT2D eigenvalue weighted by atomic mass is 19.1. The topological polar surface area (TPSA) is 80.9 Å². The van der Waals surface area contributed by atoms with Crippen molar-refractivity contribution in [2.75, 3.05) is 19.9 Å². The number of rotatable bonds is 8. The van der Waals surface area contributed by atoms with Crippen LogP contribution in [0.2, 0.25) is 0 Å². The van der Waals surface area contributed by atoms with Crippen molar-refractivity contribution in [1.82, 2.24) is 15.8 Å². The van der Waals surface area contributed by atoms with Gasteiger partial charge in [-0.25, -0.2) is 9.38 Å². The normalized spacial score (nSPS) is 13.7. The monoisotopic (exact) mass is 404 g/mol. The molecule has 1 aliphatic heterocycles. The van der Waals surface area contributed by atoms with Crippen molar-refractivity contribution in [3.8, 4) is 5.75 Å². The van der Waals surface area contributed by atoms with Gasteiger partial charge in [0.25, 0.3) is 0 Å². The molecule has 7 nitrogen and oxygen atoms in total. The fraction of sp³-hybridized carbons (Fsp3) is 0.524. The first-order valence-corrected chi connectivity index (χ1v) is 10.2. The standard InChI is InChI=1S/C21H29FN4O3/c1-4-18-17(19(5-2)29-26-18)11-25-21(23-6-3)24-8-7-14-9-16(22)10-15-12-27-13-28-20(14)15/h9-10H,4-8,11-13H2,1-3H3,(H2,23,24,25). The smallest absolute Gasteiger partial charge is 0.191 e. The zero-order valence-corrected chi connectivity index (χ0v) is 17.3. The van der Waals surface area contributed by atoms with Gasteiger partial charge >= 0.3 is 0 Å². The highest BCUT2D eigenvalue weighted by Gasteiger charge is 2.17. The number of halogens is 1. The molecule has 0 spiro atoms. The molecule has 1 aliphatic rings. The van der Waals surface area contributed by atoms with Gasteiger partial charge in [0.2, 0.25) is 0 Å². The molecule has 0 saturated carbocycles. The van der Waals surface area contributed by atoms with E-state index in [9.17, 15) is 4.39 Å². The van der Waals surface area contributed by atoms with E-state index in [1.54, 1.807) is 0 Å². The van der Waals surface area contributed by atoms with Crippen LogP contribution >= 0.6 is 0 Å². The molecule has 1 aromatic heterocycles. The zero-order valence-electron chi connectivity index (χ0n) is 17.3. The summed E-state index contributed by atoms with van der Waals surface area (Å²) in [7, 11) is 0. The lowest BCUT2D eigenvalue weighted by molar-refractivity contribution is -0.0172. The van der Waals surface area contributed by atoms with Crippen molar-refractivity contribution in [2.45, 2.75) is 53.2 Å². The largest absolute Gasteiger partial charge is 0.467 e. The van der Waals surface area contributed by atoms with Crippen LogP contribution in [-0.2, 0) is 37.2 Å². The van der Waals surface area contributed by atoms with E-state index < -0.39 is 0 Å². The predicted molar refractivity (Wildman–Crippen MR) is 108 cm³/mol. The van der Waals surface area contributed by atoms with Crippen LogP contribution in [-0.4, -0.2) is 31.0 Å². The van der Waals surface area contributed by atoms with Crippen LogP contribution in [0.4, 0.5) is 4.39 Å². The number of guanidine groups is 1.